The smallest absolute Gasteiger partial charge is 0.159 e. The number of rotatable bonds is 3. The first kappa shape index (κ1) is 14.5. The zero-order valence-electron chi connectivity index (χ0n) is 10.6. The lowest BCUT2D eigenvalue weighted by atomic mass is 10.2. The molecule has 102 valence electrons. The van der Waals surface area contributed by atoms with Crippen LogP contribution in [0.4, 0.5) is 8.78 Å². The van der Waals surface area contributed by atoms with Crippen molar-refractivity contribution in [3.63, 3.8) is 0 Å². The Morgan fingerprint density at radius 3 is 2.45 bits per heavy atom. The summed E-state index contributed by atoms with van der Waals surface area (Å²) >= 11 is 5.77. The molecule has 1 N–H and O–H groups in total. The average molecular weight is 292 g/mol. The Morgan fingerprint density at radius 2 is 1.75 bits per heavy atom. The fourth-order valence-electron chi connectivity index (χ4n) is 1.60. The van der Waals surface area contributed by atoms with Crippen LogP contribution in [0.25, 0.3) is 0 Å². The highest BCUT2D eigenvalue weighted by molar-refractivity contribution is 6.30. The van der Waals surface area contributed by atoms with Gasteiger partial charge in [0.15, 0.2) is 11.6 Å². The molecule has 0 unspecified atom stereocenters. The first-order valence-electron chi connectivity index (χ1n) is 6.04. The van der Waals surface area contributed by atoms with Gasteiger partial charge in [0, 0.05) is 17.1 Å². The minimum atomic E-state index is -0.837. The summed E-state index contributed by atoms with van der Waals surface area (Å²) in [4.78, 5) is 0. The van der Waals surface area contributed by atoms with Crippen molar-refractivity contribution in [2.45, 2.75) is 6.54 Å². The molecule has 0 amide bonds. The summed E-state index contributed by atoms with van der Waals surface area (Å²) in [6.45, 7) is 0.897. The Morgan fingerprint density at radius 1 is 1.00 bits per heavy atom. The van der Waals surface area contributed by atoms with Crippen LogP contribution in [-0.2, 0) is 6.54 Å². The van der Waals surface area contributed by atoms with E-state index >= 15 is 0 Å². The first-order valence-corrected chi connectivity index (χ1v) is 6.42. The van der Waals surface area contributed by atoms with E-state index in [2.05, 4.69) is 17.2 Å². The molecule has 2 rings (SSSR count). The van der Waals surface area contributed by atoms with Crippen LogP contribution in [0, 0.1) is 23.5 Å². The lowest BCUT2D eigenvalue weighted by Gasteiger charge is -2.01. The van der Waals surface area contributed by atoms with E-state index in [0.717, 1.165) is 11.6 Å². The molecule has 0 aromatic heterocycles. The Bertz CT molecular complexity index is 642. The quantitative estimate of drug-likeness (QED) is 0.671. The van der Waals surface area contributed by atoms with Gasteiger partial charge >= 0.3 is 0 Å². The largest absolute Gasteiger partial charge is 0.302 e. The highest BCUT2D eigenvalue weighted by Crippen LogP contribution is 2.09. The van der Waals surface area contributed by atoms with Crippen LogP contribution in [0.15, 0.2) is 42.5 Å². The predicted octanol–water partition coefficient (Wildman–Crippen LogP) is 3.76. The molecule has 0 atom stereocenters. The highest BCUT2D eigenvalue weighted by Gasteiger charge is 2.01. The molecule has 0 fully saturated rings. The lowest BCUT2D eigenvalue weighted by molar-refractivity contribution is 0.506. The van der Waals surface area contributed by atoms with Gasteiger partial charge in [-0.3, -0.25) is 0 Å². The third kappa shape index (κ3) is 4.34. The molecule has 0 aliphatic heterocycles. The van der Waals surface area contributed by atoms with Gasteiger partial charge in [-0.1, -0.05) is 29.5 Å². The molecule has 2 aromatic rings. The van der Waals surface area contributed by atoms with Crippen molar-refractivity contribution in [3.8, 4) is 11.8 Å². The van der Waals surface area contributed by atoms with Crippen molar-refractivity contribution in [1.82, 2.24) is 5.32 Å². The summed E-state index contributed by atoms with van der Waals surface area (Å²) in [5, 5.41) is 3.71. The Balaban J connectivity index is 1.82. The van der Waals surface area contributed by atoms with Gasteiger partial charge in [0.05, 0.1) is 6.54 Å². The molecule has 2 aromatic carbocycles. The lowest BCUT2D eigenvalue weighted by Crippen LogP contribution is -2.13. The van der Waals surface area contributed by atoms with Crippen LogP contribution in [0.3, 0.4) is 0 Å². The van der Waals surface area contributed by atoms with Crippen molar-refractivity contribution < 1.29 is 8.78 Å². The standard InChI is InChI=1S/C16H12ClF2N/c17-14-6-3-12(4-7-14)2-1-9-20-11-13-5-8-15(18)16(19)10-13/h3-8,10,20H,9,11H2. The molecule has 0 radical (unpaired) electrons. The van der Waals surface area contributed by atoms with Crippen LogP contribution in [0.2, 0.25) is 5.02 Å². The third-order valence-corrected chi connectivity index (χ3v) is 2.86. The van der Waals surface area contributed by atoms with Crippen LogP contribution >= 0.6 is 11.6 Å². The molecule has 0 bridgehead atoms. The summed E-state index contributed by atoms with van der Waals surface area (Å²) < 4.78 is 25.7. The van der Waals surface area contributed by atoms with Crippen molar-refractivity contribution in [2.75, 3.05) is 6.54 Å². The van der Waals surface area contributed by atoms with Gasteiger partial charge in [-0.15, -0.1) is 0 Å². The minimum absolute atomic E-state index is 0.437. The van der Waals surface area contributed by atoms with E-state index in [0.29, 0.717) is 23.7 Å². The summed E-state index contributed by atoms with van der Waals surface area (Å²) in [6.07, 6.45) is 0. The molecule has 1 nitrogen and oxygen atoms in total. The molecule has 0 aliphatic carbocycles. The van der Waals surface area contributed by atoms with E-state index in [1.54, 1.807) is 12.1 Å². The van der Waals surface area contributed by atoms with Gasteiger partial charge in [-0.2, -0.15) is 0 Å². The Kier molecular flexibility index (Phi) is 5.11. The highest BCUT2D eigenvalue weighted by atomic mass is 35.5. The summed E-state index contributed by atoms with van der Waals surface area (Å²) in [7, 11) is 0. The summed E-state index contributed by atoms with van der Waals surface area (Å²) in [6, 6.07) is 11.1. The van der Waals surface area contributed by atoms with Gasteiger partial charge in [0.25, 0.3) is 0 Å². The second kappa shape index (κ2) is 7.04. The van der Waals surface area contributed by atoms with Crippen molar-refractivity contribution in [1.29, 1.82) is 0 Å². The van der Waals surface area contributed by atoms with Crippen LogP contribution in [0.5, 0.6) is 0 Å². The SMILES string of the molecule is Fc1ccc(CNCC#Cc2ccc(Cl)cc2)cc1F. The fourth-order valence-corrected chi connectivity index (χ4v) is 1.72. The topological polar surface area (TPSA) is 12.0 Å². The van der Waals surface area contributed by atoms with Gasteiger partial charge in [0.2, 0.25) is 0 Å². The molecule has 0 heterocycles. The number of nitrogens with one attached hydrogen (secondary N) is 1. The summed E-state index contributed by atoms with van der Waals surface area (Å²) in [5.41, 5.74) is 1.56. The minimum Gasteiger partial charge on any atom is -0.302 e. The third-order valence-electron chi connectivity index (χ3n) is 2.60. The normalized spacial score (nSPS) is 9.95. The molecule has 20 heavy (non-hydrogen) atoms. The van der Waals surface area contributed by atoms with Crippen LogP contribution in [-0.4, -0.2) is 6.54 Å². The Hall–Kier alpha value is -1.89. The second-order valence-corrected chi connectivity index (χ2v) is 4.60. The zero-order valence-corrected chi connectivity index (χ0v) is 11.3. The zero-order chi connectivity index (χ0) is 14.4. The van der Waals surface area contributed by atoms with Gasteiger partial charge in [-0.25, -0.2) is 8.78 Å². The van der Waals surface area contributed by atoms with E-state index in [1.807, 2.05) is 12.1 Å². The fraction of sp³-hybridized carbons (Fsp3) is 0.125. The van der Waals surface area contributed by atoms with E-state index in [9.17, 15) is 8.78 Å². The predicted molar refractivity (Wildman–Crippen MR) is 76.4 cm³/mol. The van der Waals surface area contributed by atoms with Crippen molar-refractivity contribution in [2.24, 2.45) is 0 Å². The molecule has 0 saturated carbocycles. The van der Waals surface area contributed by atoms with E-state index in [4.69, 9.17) is 11.6 Å². The van der Waals surface area contributed by atoms with E-state index in [-0.39, 0.29) is 0 Å². The van der Waals surface area contributed by atoms with E-state index in [1.165, 1.54) is 12.1 Å². The molecular weight excluding hydrogens is 280 g/mol. The maximum atomic E-state index is 13.0. The molecule has 0 aliphatic rings. The molecule has 4 heteroatoms. The van der Waals surface area contributed by atoms with E-state index < -0.39 is 11.6 Å². The summed E-state index contributed by atoms with van der Waals surface area (Å²) in [5.74, 6) is 4.25. The molecule has 0 spiro atoms. The monoisotopic (exact) mass is 291 g/mol. The maximum Gasteiger partial charge on any atom is 0.159 e. The average Bonchev–Trinajstić information content (AvgIpc) is 2.44. The Labute approximate surface area is 121 Å². The number of hydrogen-bond acceptors (Lipinski definition) is 1. The number of benzene rings is 2. The van der Waals surface area contributed by atoms with Crippen LogP contribution < -0.4 is 5.32 Å². The van der Waals surface area contributed by atoms with Crippen molar-refractivity contribution >= 4 is 11.6 Å². The second-order valence-electron chi connectivity index (χ2n) is 4.16. The van der Waals surface area contributed by atoms with Gasteiger partial charge in [0.1, 0.15) is 0 Å². The number of hydrogen-bond donors (Lipinski definition) is 1. The maximum absolute atomic E-state index is 13.0. The van der Waals surface area contributed by atoms with Crippen molar-refractivity contribution in [3.05, 3.63) is 70.2 Å². The van der Waals surface area contributed by atoms with Crippen LogP contribution in [0.1, 0.15) is 11.1 Å². The molecular formula is C16H12ClF2N. The first-order chi connectivity index (χ1) is 9.65. The van der Waals surface area contributed by atoms with Gasteiger partial charge in [-0.05, 0) is 42.0 Å². The number of halogens is 3. The van der Waals surface area contributed by atoms with Gasteiger partial charge < -0.3 is 5.32 Å². The molecule has 0 saturated heterocycles.